The topological polar surface area (TPSA) is 60.9 Å². The number of aromatic nitrogens is 1. The molecule has 1 aromatic heterocycles. The number of amides is 1. The van der Waals surface area contributed by atoms with E-state index in [1.165, 1.54) is 22.5 Å². The summed E-state index contributed by atoms with van der Waals surface area (Å²) in [6.45, 7) is 4.63. The van der Waals surface area contributed by atoms with Gasteiger partial charge < -0.3 is 19.1 Å². The van der Waals surface area contributed by atoms with Crippen molar-refractivity contribution in [3.05, 3.63) is 52.0 Å². The Morgan fingerprint density at radius 3 is 2.42 bits per heavy atom. The van der Waals surface area contributed by atoms with E-state index in [0.717, 1.165) is 40.5 Å². The van der Waals surface area contributed by atoms with Crippen LogP contribution in [0.2, 0.25) is 0 Å². The molecule has 1 aliphatic rings. The van der Waals surface area contributed by atoms with Crippen LogP contribution in [0.1, 0.15) is 32.9 Å². The number of anilines is 1. The monoisotopic (exact) mass is 438 g/mol. The zero-order valence-corrected chi connectivity index (χ0v) is 19.3. The number of aryl methyl sites for hydroxylation is 2. The average molecular weight is 439 g/mol. The van der Waals surface area contributed by atoms with Crippen LogP contribution < -0.4 is 19.1 Å². The molecule has 1 aliphatic heterocycles. The molecular weight excluding hydrogens is 412 g/mol. The smallest absolute Gasteiger partial charge is 0.270 e. The van der Waals surface area contributed by atoms with Crippen LogP contribution in [-0.2, 0) is 6.42 Å². The normalized spacial score (nSPS) is 13.0. The summed E-state index contributed by atoms with van der Waals surface area (Å²) in [5.41, 5.74) is 4.86. The fourth-order valence-corrected chi connectivity index (χ4v) is 5.04. The molecule has 0 saturated heterocycles. The molecule has 0 N–H and O–H groups in total. The van der Waals surface area contributed by atoms with Crippen molar-refractivity contribution in [2.45, 2.75) is 26.7 Å². The predicted molar refractivity (Wildman–Crippen MR) is 123 cm³/mol. The van der Waals surface area contributed by atoms with E-state index in [9.17, 15) is 4.79 Å². The van der Waals surface area contributed by atoms with Gasteiger partial charge in [0.1, 0.15) is 15.6 Å². The Bertz CT molecular complexity index is 1140. The molecule has 0 radical (unpaired) electrons. The fraction of sp³-hybridized carbons (Fsp3) is 0.333. The molecule has 2 aromatic carbocycles. The predicted octanol–water partition coefficient (Wildman–Crippen LogP) is 5.05. The van der Waals surface area contributed by atoms with Gasteiger partial charge in [0.05, 0.1) is 32.7 Å². The molecule has 0 saturated carbocycles. The van der Waals surface area contributed by atoms with Crippen LogP contribution in [0.5, 0.6) is 17.2 Å². The van der Waals surface area contributed by atoms with Crippen LogP contribution in [0.15, 0.2) is 30.3 Å². The van der Waals surface area contributed by atoms with Crippen molar-refractivity contribution in [2.24, 2.45) is 0 Å². The van der Waals surface area contributed by atoms with Crippen molar-refractivity contribution < 1.29 is 19.0 Å². The van der Waals surface area contributed by atoms with E-state index >= 15 is 0 Å². The summed E-state index contributed by atoms with van der Waals surface area (Å²) in [4.78, 5) is 20.8. The number of nitrogens with zero attached hydrogens (tertiary/aromatic N) is 2. The van der Waals surface area contributed by atoms with Crippen molar-refractivity contribution in [1.82, 2.24) is 4.98 Å². The van der Waals surface area contributed by atoms with Crippen LogP contribution in [0.25, 0.3) is 10.6 Å². The number of fused-ring (bicyclic) bond motifs is 1. The summed E-state index contributed by atoms with van der Waals surface area (Å²) in [7, 11) is 4.86. The molecule has 0 atom stereocenters. The number of carbonyl (C=O) groups excluding carboxylic acids is 1. The molecule has 4 rings (SSSR count). The van der Waals surface area contributed by atoms with Crippen LogP contribution in [0.3, 0.4) is 0 Å². The van der Waals surface area contributed by atoms with E-state index in [4.69, 9.17) is 14.2 Å². The summed E-state index contributed by atoms with van der Waals surface area (Å²) < 4.78 is 16.3. The van der Waals surface area contributed by atoms with E-state index in [1.807, 2.05) is 36.1 Å². The minimum absolute atomic E-state index is 0.0356. The maximum atomic E-state index is 13.6. The van der Waals surface area contributed by atoms with Gasteiger partial charge in [-0.25, -0.2) is 4.98 Å². The van der Waals surface area contributed by atoms with Gasteiger partial charge in [0.25, 0.3) is 5.91 Å². The zero-order chi connectivity index (χ0) is 22.1. The van der Waals surface area contributed by atoms with E-state index in [2.05, 4.69) is 18.0 Å². The summed E-state index contributed by atoms with van der Waals surface area (Å²) >= 11 is 1.40. The number of carbonyl (C=O) groups is 1. The van der Waals surface area contributed by atoms with Crippen molar-refractivity contribution in [1.29, 1.82) is 0 Å². The van der Waals surface area contributed by atoms with Gasteiger partial charge in [-0.3, -0.25) is 4.79 Å². The molecule has 3 aromatic rings. The molecule has 0 bridgehead atoms. The van der Waals surface area contributed by atoms with E-state index in [0.29, 0.717) is 22.9 Å². The lowest BCUT2D eigenvalue weighted by atomic mass is 9.96. The second-order valence-corrected chi connectivity index (χ2v) is 8.47. The van der Waals surface area contributed by atoms with Crippen molar-refractivity contribution in [3.8, 4) is 27.8 Å². The Morgan fingerprint density at radius 2 is 1.71 bits per heavy atom. The third-order valence-corrected chi connectivity index (χ3v) is 6.84. The molecule has 6 nitrogen and oxygen atoms in total. The molecule has 0 unspecified atom stereocenters. The van der Waals surface area contributed by atoms with E-state index in [-0.39, 0.29) is 5.91 Å². The number of benzene rings is 2. The molecule has 162 valence electrons. The van der Waals surface area contributed by atoms with Crippen molar-refractivity contribution >= 4 is 22.9 Å². The lowest BCUT2D eigenvalue weighted by Crippen LogP contribution is -2.36. The summed E-state index contributed by atoms with van der Waals surface area (Å²) in [6, 6.07) is 9.65. The highest BCUT2D eigenvalue weighted by molar-refractivity contribution is 7.17. The molecule has 7 heteroatoms. The first-order chi connectivity index (χ1) is 15.0. The van der Waals surface area contributed by atoms with Gasteiger partial charge in [-0.2, -0.15) is 0 Å². The van der Waals surface area contributed by atoms with Gasteiger partial charge in [0.15, 0.2) is 11.5 Å². The molecule has 0 fully saturated rings. The number of hydrogen-bond donors (Lipinski definition) is 0. The second-order valence-electron chi connectivity index (χ2n) is 7.48. The minimum Gasteiger partial charge on any atom is -0.495 e. The molecule has 31 heavy (non-hydrogen) atoms. The lowest BCUT2D eigenvalue weighted by molar-refractivity contribution is 0.0987. The summed E-state index contributed by atoms with van der Waals surface area (Å²) in [6.07, 6.45) is 1.87. The minimum atomic E-state index is -0.0356. The molecule has 1 amide bonds. The maximum absolute atomic E-state index is 13.6. The van der Waals surface area contributed by atoms with Crippen LogP contribution in [0.4, 0.5) is 5.69 Å². The largest absolute Gasteiger partial charge is 0.495 e. The molecule has 0 aliphatic carbocycles. The molecule has 0 spiro atoms. The Morgan fingerprint density at radius 1 is 1.00 bits per heavy atom. The van der Waals surface area contributed by atoms with Crippen LogP contribution >= 0.6 is 11.3 Å². The Kier molecular flexibility index (Phi) is 5.87. The van der Waals surface area contributed by atoms with Gasteiger partial charge in [0.2, 0.25) is 0 Å². The Balaban J connectivity index is 1.73. The highest BCUT2D eigenvalue weighted by Gasteiger charge is 2.30. The maximum Gasteiger partial charge on any atom is 0.270 e. The standard InChI is InChI=1S/C24H26N2O4S/c1-14-8-10-19(29-4)21-17(14)7-6-12-26(21)24(27)22-15(2)25-23(31-22)16-9-11-18(28-3)20(13-16)30-5/h8-11,13H,6-7,12H2,1-5H3. The van der Waals surface area contributed by atoms with Gasteiger partial charge >= 0.3 is 0 Å². The zero-order valence-electron chi connectivity index (χ0n) is 18.4. The third kappa shape index (κ3) is 3.74. The third-order valence-electron chi connectivity index (χ3n) is 5.64. The quantitative estimate of drug-likeness (QED) is 0.558. The SMILES string of the molecule is COc1ccc(-c2nc(C)c(C(=O)N3CCCc4c(C)ccc(OC)c43)s2)cc1OC. The van der Waals surface area contributed by atoms with Gasteiger partial charge in [0, 0.05) is 12.1 Å². The number of thiazole rings is 1. The Labute approximate surface area is 186 Å². The van der Waals surface area contributed by atoms with E-state index in [1.54, 1.807) is 21.3 Å². The van der Waals surface area contributed by atoms with E-state index < -0.39 is 0 Å². The van der Waals surface area contributed by atoms with Crippen LogP contribution in [0, 0.1) is 13.8 Å². The fourth-order valence-electron chi connectivity index (χ4n) is 4.03. The number of methoxy groups -OCH3 is 3. The van der Waals surface area contributed by atoms with Crippen molar-refractivity contribution in [2.75, 3.05) is 32.8 Å². The molecular formula is C24H26N2O4S. The van der Waals surface area contributed by atoms with Gasteiger partial charge in [-0.05, 0) is 62.1 Å². The lowest BCUT2D eigenvalue weighted by Gasteiger charge is -2.31. The average Bonchev–Trinajstić information content (AvgIpc) is 3.19. The highest BCUT2D eigenvalue weighted by Crippen LogP contribution is 2.40. The second kappa shape index (κ2) is 8.59. The summed E-state index contributed by atoms with van der Waals surface area (Å²) in [5.74, 6) is 1.98. The Hall–Kier alpha value is -3.06. The first-order valence-corrected chi connectivity index (χ1v) is 11.0. The van der Waals surface area contributed by atoms with Gasteiger partial charge in [-0.1, -0.05) is 6.07 Å². The first-order valence-electron chi connectivity index (χ1n) is 10.2. The number of ether oxygens (including phenoxy) is 3. The first kappa shape index (κ1) is 21.2. The number of hydrogen-bond acceptors (Lipinski definition) is 6. The van der Waals surface area contributed by atoms with Crippen molar-refractivity contribution in [3.63, 3.8) is 0 Å². The highest BCUT2D eigenvalue weighted by atomic mass is 32.1. The molecule has 2 heterocycles. The van der Waals surface area contributed by atoms with Gasteiger partial charge in [-0.15, -0.1) is 11.3 Å². The summed E-state index contributed by atoms with van der Waals surface area (Å²) in [5, 5.41) is 0.773. The number of rotatable bonds is 5. The van der Waals surface area contributed by atoms with Crippen LogP contribution in [-0.4, -0.2) is 38.8 Å².